The number of hydrogen-bond acceptors (Lipinski definition) is 2. The fourth-order valence-corrected chi connectivity index (χ4v) is 3.54. The predicted octanol–water partition coefficient (Wildman–Crippen LogP) is 3.68. The number of rotatable bonds is 6. The second-order valence-corrected chi connectivity index (χ2v) is 6.37. The van der Waals surface area contributed by atoms with E-state index in [-0.39, 0.29) is 0 Å². The summed E-state index contributed by atoms with van der Waals surface area (Å²) in [6.45, 7) is 5.32. The van der Waals surface area contributed by atoms with Gasteiger partial charge in [-0.15, -0.1) is 0 Å². The maximum atomic E-state index is 5.71. The third kappa shape index (κ3) is 3.88. The zero-order valence-electron chi connectivity index (χ0n) is 13.6. The van der Waals surface area contributed by atoms with Crippen LogP contribution in [-0.2, 0) is 6.42 Å². The molecule has 2 heterocycles. The first-order valence-electron chi connectivity index (χ1n) is 8.25. The first-order chi connectivity index (χ1) is 11.3. The van der Waals surface area contributed by atoms with Crippen LogP contribution in [0.3, 0.4) is 0 Å². The Hall–Kier alpha value is -1.94. The van der Waals surface area contributed by atoms with Gasteiger partial charge in [0.05, 0.1) is 6.04 Å². The fraction of sp³-hybridized carbons (Fsp3) is 0.368. The number of pyridine rings is 1. The highest BCUT2D eigenvalue weighted by atomic mass is 32.1. The largest absolute Gasteiger partial charge is 0.347 e. The molecule has 3 nitrogen and oxygen atoms in total. The van der Waals surface area contributed by atoms with E-state index in [1.54, 1.807) is 0 Å². The lowest BCUT2D eigenvalue weighted by atomic mass is 10.1. The van der Waals surface area contributed by atoms with Crippen molar-refractivity contribution in [3.05, 3.63) is 66.0 Å². The number of nitrogens with zero attached hydrogens (tertiary/aromatic N) is 3. The lowest BCUT2D eigenvalue weighted by Crippen LogP contribution is -2.34. The summed E-state index contributed by atoms with van der Waals surface area (Å²) in [5.41, 5.74) is 2.67. The van der Waals surface area contributed by atoms with E-state index in [2.05, 4.69) is 64.2 Å². The van der Waals surface area contributed by atoms with E-state index in [4.69, 9.17) is 12.2 Å². The molecule has 1 fully saturated rings. The van der Waals surface area contributed by atoms with Gasteiger partial charge < -0.3 is 9.80 Å². The van der Waals surface area contributed by atoms with E-state index in [9.17, 15) is 0 Å². The van der Waals surface area contributed by atoms with Gasteiger partial charge in [-0.3, -0.25) is 4.98 Å². The van der Waals surface area contributed by atoms with Crippen LogP contribution in [0.5, 0.6) is 0 Å². The zero-order chi connectivity index (χ0) is 16.1. The highest BCUT2D eigenvalue weighted by Gasteiger charge is 2.28. The average Bonchev–Trinajstić information content (AvgIpc) is 2.97. The van der Waals surface area contributed by atoms with Crippen molar-refractivity contribution in [2.75, 3.05) is 19.6 Å². The molecule has 1 atom stereocenters. The standard InChI is InChI=1S/C19H23N3S/c1-16(18-7-3-2-4-8-18)22-15-14-21(19(22)23)13-5-6-17-9-11-20-12-10-17/h2-4,7-12,16H,5-6,13-15H2,1H3. The van der Waals surface area contributed by atoms with E-state index in [1.165, 1.54) is 11.1 Å². The van der Waals surface area contributed by atoms with Gasteiger partial charge in [-0.1, -0.05) is 30.3 Å². The molecular formula is C19H23N3S. The molecule has 2 aromatic rings. The van der Waals surface area contributed by atoms with Crippen LogP contribution < -0.4 is 0 Å². The first kappa shape index (κ1) is 15.9. The van der Waals surface area contributed by atoms with Crippen LogP contribution in [0, 0.1) is 0 Å². The summed E-state index contributed by atoms with van der Waals surface area (Å²) in [4.78, 5) is 8.75. The second-order valence-electron chi connectivity index (χ2n) is 6.01. The Morgan fingerprint density at radius 3 is 2.57 bits per heavy atom. The molecule has 0 bridgehead atoms. The first-order valence-corrected chi connectivity index (χ1v) is 8.66. The van der Waals surface area contributed by atoms with Crippen LogP contribution >= 0.6 is 12.2 Å². The third-order valence-corrected chi connectivity index (χ3v) is 5.01. The van der Waals surface area contributed by atoms with Gasteiger partial charge in [0.25, 0.3) is 0 Å². The predicted molar refractivity (Wildman–Crippen MR) is 98.3 cm³/mol. The SMILES string of the molecule is CC(c1ccccc1)N1CCN(CCCc2ccncc2)C1=S. The van der Waals surface area contributed by atoms with Crippen molar-refractivity contribution in [1.29, 1.82) is 0 Å². The zero-order valence-corrected chi connectivity index (χ0v) is 14.4. The quantitative estimate of drug-likeness (QED) is 0.754. The average molecular weight is 325 g/mol. The van der Waals surface area contributed by atoms with Gasteiger partial charge >= 0.3 is 0 Å². The molecule has 0 aliphatic carbocycles. The molecule has 1 aliphatic heterocycles. The maximum Gasteiger partial charge on any atom is 0.172 e. The van der Waals surface area contributed by atoms with Crippen molar-refractivity contribution >= 4 is 17.3 Å². The fourth-order valence-electron chi connectivity index (χ4n) is 3.10. The van der Waals surface area contributed by atoms with E-state index < -0.39 is 0 Å². The summed E-state index contributed by atoms with van der Waals surface area (Å²) in [5, 5.41) is 0.996. The highest BCUT2D eigenvalue weighted by Crippen LogP contribution is 2.24. The Balaban J connectivity index is 1.52. The molecule has 120 valence electrons. The lowest BCUT2D eigenvalue weighted by molar-refractivity contribution is 0.375. The van der Waals surface area contributed by atoms with E-state index in [0.717, 1.165) is 37.6 Å². The van der Waals surface area contributed by atoms with Gasteiger partial charge in [0.1, 0.15) is 0 Å². The number of aromatic nitrogens is 1. The van der Waals surface area contributed by atoms with Crippen molar-refractivity contribution < 1.29 is 0 Å². The Kier molecular flexibility index (Phi) is 5.23. The minimum absolute atomic E-state index is 0.342. The smallest absolute Gasteiger partial charge is 0.172 e. The molecule has 0 radical (unpaired) electrons. The number of benzene rings is 1. The topological polar surface area (TPSA) is 19.4 Å². The van der Waals surface area contributed by atoms with E-state index in [1.807, 2.05) is 12.4 Å². The molecule has 3 rings (SSSR count). The summed E-state index contributed by atoms with van der Waals surface area (Å²) in [6, 6.07) is 15.1. The maximum absolute atomic E-state index is 5.71. The molecule has 1 unspecified atom stereocenters. The molecular weight excluding hydrogens is 302 g/mol. The monoisotopic (exact) mass is 325 g/mol. The van der Waals surface area contributed by atoms with Crippen LogP contribution in [0.1, 0.15) is 30.5 Å². The minimum atomic E-state index is 0.342. The van der Waals surface area contributed by atoms with Crippen molar-refractivity contribution in [2.24, 2.45) is 0 Å². The van der Waals surface area contributed by atoms with Gasteiger partial charge in [-0.25, -0.2) is 0 Å². The van der Waals surface area contributed by atoms with Crippen molar-refractivity contribution in [3.8, 4) is 0 Å². The third-order valence-electron chi connectivity index (χ3n) is 4.52. The van der Waals surface area contributed by atoms with Crippen LogP contribution in [-0.4, -0.2) is 39.5 Å². The summed E-state index contributed by atoms with van der Waals surface area (Å²) >= 11 is 5.71. The van der Waals surface area contributed by atoms with Crippen LogP contribution in [0.2, 0.25) is 0 Å². The normalized spacial score (nSPS) is 16.0. The van der Waals surface area contributed by atoms with Gasteiger partial charge in [0.15, 0.2) is 5.11 Å². The Bertz CT molecular complexity index is 630. The molecule has 1 aromatic carbocycles. The number of thiocarbonyl (C=S) groups is 1. The lowest BCUT2D eigenvalue weighted by Gasteiger charge is -2.28. The van der Waals surface area contributed by atoms with Crippen LogP contribution in [0.25, 0.3) is 0 Å². The Labute approximate surface area is 144 Å². The van der Waals surface area contributed by atoms with Crippen molar-refractivity contribution in [3.63, 3.8) is 0 Å². The van der Waals surface area contributed by atoms with Gasteiger partial charge in [-0.2, -0.15) is 0 Å². The van der Waals surface area contributed by atoms with Gasteiger partial charge in [-0.05, 0) is 55.2 Å². The van der Waals surface area contributed by atoms with Crippen LogP contribution in [0.15, 0.2) is 54.9 Å². The molecule has 0 saturated carbocycles. The molecule has 0 spiro atoms. The number of aryl methyl sites for hydroxylation is 1. The molecule has 0 amide bonds. The van der Waals surface area contributed by atoms with E-state index >= 15 is 0 Å². The highest BCUT2D eigenvalue weighted by molar-refractivity contribution is 7.80. The molecule has 1 aliphatic rings. The molecule has 4 heteroatoms. The minimum Gasteiger partial charge on any atom is -0.347 e. The van der Waals surface area contributed by atoms with Gasteiger partial charge in [0, 0.05) is 32.0 Å². The Morgan fingerprint density at radius 2 is 1.83 bits per heavy atom. The van der Waals surface area contributed by atoms with Gasteiger partial charge in [0.2, 0.25) is 0 Å². The molecule has 1 saturated heterocycles. The second kappa shape index (κ2) is 7.55. The Morgan fingerprint density at radius 1 is 1.09 bits per heavy atom. The summed E-state index contributed by atoms with van der Waals surface area (Å²) in [6.07, 6.45) is 5.92. The number of hydrogen-bond donors (Lipinski definition) is 0. The summed E-state index contributed by atoms with van der Waals surface area (Å²) in [5.74, 6) is 0. The van der Waals surface area contributed by atoms with Crippen molar-refractivity contribution in [2.45, 2.75) is 25.8 Å². The van der Waals surface area contributed by atoms with Crippen LogP contribution in [0.4, 0.5) is 0 Å². The van der Waals surface area contributed by atoms with E-state index in [0.29, 0.717) is 6.04 Å². The van der Waals surface area contributed by atoms with Crippen molar-refractivity contribution in [1.82, 2.24) is 14.8 Å². The molecule has 23 heavy (non-hydrogen) atoms. The molecule has 1 aromatic heterocycles. The summed E-state index contributed by atoms with van der Waals surface area (Å²) < 4.78 is 0. The summed E-state index contributed by atoms with van der Waals surface area (Å²) in [7, 11) is 0. The molecule has 0 N–H and O–H groups in total.